The minimum atomic E-state index is -0.196. The second-order valence-corrected chi connectivity index (χ2v) is 4.68. The molecular weight excluding hydrogens is 238 g/mol. The predicted molar refractivity (Wildman–Crippen MR) is 73.4 cm³/mol. The lowest BCUT2D eigenvalue weighted by atomic mass is 9.96. The summed E-state index contributed by atoms with van der Waals surface area (Å²) in [5, 5.41) is 2.81. The van der Waals surface area contributed by atoms with E-state index in [1.54, 1.807) is 18.2 Å². The first-order valence-electron chi connectivity index (χ1n) is 6.22. The van der Waals surface area contributed by atoms with Gasteiger partial charge in [-0.25, -0.2) is 0 Å². The Morgan fingerprint density at radius 3 is 2.53 bits per heavy atom. The molecule has 3 rings (SSSR count). The van der Waals surface area contributed by atoms with E-state index in [1.165, 1.54) is 0 Å². The number of rotatable bonds is 2. The fraction of sp³-hybridized carbons (Fsp3) is 0.125. The molecule has 3 nitrogen and oxygen atoms in total. The molecule has 1 amide bonds. The first-order valence-corrected chi connectivity index (χ1v) is 6.22. The van der Waals surface area contributed by atoms with Gasteiger partial charge in [-0.05, 0) is 18.6 Å². The van der Waals surface area contributed by atoms with E-state index in [-0.39, 0.29) is 17.6 Å². The molecule has 3 heteroatoms. The van der Waals surface area contributed by atoms with E-state index in [0.29, 0.717) is 16.8 Å². The van der Waals surface area contributed by atoms with Crippen LogP contribution in [0.25, 0.3) is 0 Å². The van der Waals surface area contributed by atoms with E-state index >= 15 is 0 Å². The molecule has 1 aliphatic heterocycles. The molecule has 94 valence electrons. The van der Waals surface area contributed by atoms with Crippen LogP contribution in [0.5, 0.6) is 0 Å². The number of carbonyl (C=O) groups excluding carboxylic acids is 2. The first-order chi connectivity index (χ1) is 9.18. The topological polar surface area (TPSA) is 46.2 Å². The number of hydrogen-bond donors (Lipinski definition) is 1. The summed E-state index contributed by atoms with van der Waals surface area (Å²) in [4.78, 5) is 24.2. The lowest BCUT2D eigenvalue weighted by Crippen LogP contribution is -2.10. The maximum absolute atomic E-state index is 12.5. The van der Waals surface area contributed by atoms with Crippen molar-refractivity contribution in [2.45, 2.75) is 12.8 Å². The van der Waals surface area contributed by atoms with Crippen molar-refractivity contribution >= 4 is 17.4 Å². The van der Waals surface area contributed by atoms with Gasteiger partial charge < -0.3 is 5.32 Å². The van der Waals surface area contributed by atoms with Crippen molar-refractivity contribution in [3.05, 3.63) is 65.2 Å². The monoisotopic (exact) mass is 251 g/mol. The van der Waals surface area contributed by atoms with Crippen LogP contribution in [0, 0.1) is 0 Å². The van der Waals surface area contributed by atoms with Crippen LogP contribution in [0.1, 0.15) is 34.3 Å². The molecule has 0 saturated carbocycles. The second kappa shape index (κ2) is 4.35. The van der Waals surface area contributed by atoms with E-state index in [9.17, 15) is 9.59 Å². The molecule has 0 unspecified atom stereocenters. The summed E-state index contributed by atoms with van der Waals surface area (Å²) in [6, 6.07) is 14.6. The van der Waals surface area contributed by atoms with Crippen molar-refractivity contribution in [1.82, 2.24) is 0 Å². The van der Waals surface area contributed by atoms with Crippen molar-refractivity contribution in [3.8, 4) is 0 Å². The molecule has 2 aromatic carbocycles. The van der Waals surface area contributed by atoms with Crippen LogP contribution in [0.4, 0.5) is 5.69 Å². The zero-order valence-electron chi connectivity index (χ0n) is 10.5. The summed E-state index contributed by atoms with van der Waals surface area (Å²) < 4.78 is 0. The minimum absolute atomic E-state index is 0.0525. The van der Waals surface area contributed by atoms with Crippen molar-refractivity contribution in [3.63, 3.8) is 0 Å². The summed E-state index contributed by atoms with van der Waals surface area (Å²) in [6.45, 7) is 1.85. The van der Waals surface area contributed by atoms with Gasteiger partial charge in [0.2, 0.25) is 5.91 Å². The molecular formula is C16H13NO2. The number of carbonyl (C=O) groups is 2. The van der Waals surface area contributed by atoms with E-state index in [4.69, 9.17) is 0 Å². The van der Waals surface area contributed by atoms with E-state index in [0.717, 1.165) is 5.56 Å². The molecule has 0 saturated heterocycles. The van der Waals surface area contributed by atoms with E-state index in [1.807, 2.05) is 37.3 Å². The lowest BCUT2D eigenvalue weighted by molar-refractivity contribution is -0.116. The summed E-state index contributed by atoms with van der Waals surface area (Å²) in [5.74, 6) is -0.311. The van der Waals surface area contributed by atoms with Crippen LogP contribution in [0.2, 0.25) is 0 Å². The zero-order chi connectivity index (χ0) is 13.4. The van der Waals surface area contributed by atoms with Gasteiger partial charge in [0.05, 0.1) is 11.6 Å². The van der Waals surface area contributed by atoms with Crippen LogP contribution in [-0.2, 0) is 4.79 Å². The average Bonchev–Trinajstić information content (AvgIpc) is 2.75. The number of para-hydroxylation sites is 1. The van der Waals surface area contributed by atoms with Crippen molar-refractivity contribution < 1.29 is 9.59 Å². The van der Waals surface area contributed by atoms with Crippen LogP contribution >= 0.6 is 0 Å². The van der Waals surface area contributed by atoms with E-state index < -0.39 is 0 Å². The highest BCUT2D eigenvalue weighted by Gasteiger charge is 2.30. The minimum Gasteiger partial charge on any atom is -0.325 e. The third-order valence-electron chi connectivity index (χ3n) is 3.49. The Balaban J connectivity index is 2.09. The molecule has 1 N–H and O–H groups in total. The van der Waals surface area contributed by atoms with E-state index in [2.05, 4.69) is 5.32 Å². The Labute approximate surface area is 111 Å². The quantitative estimate of drug-likeness (QED) is 0.834. The SMILES string of the molecule is C[C@H]1C(=O)Nc2c(C(=O)c3ccccc3)cccc21. The summed E-state index contributed by atoms with van der Waals surface area (Å²) in [6.07, 6.45) is 0. The van der Waals surface area contributed by atoms with Gasteiger partial charge in [-0.2, -0.15) is 0 Å². The average molecular weight is 251 g/mol. The largest absolute Gasteiger partial charge is 0.325 e. The molecule has 1 aliphatic rings. The highest BCUT2D eigenvalue weighted by atomic mass is 16.2. The number of nitrogens with one attached hydrogen (secondary N) is 1. The van der Waals surface area contributed by atoms with Gasteiger partial charge in [0.15, 0.2) is 5.78 Å². The maximum Gasteiger partial charge on any atom is 0.231 e. The summed E-state index contributed by atoms with van der Waals surface area (Å²) in [5.41, 5.74) is 2.74. The molecule has 19 heavy (non-hydrogen) atoms. The Kier molecular flexibility index (Phi) is 2.67. The Bertz CT molecular complexity index is 662. The molecule has 1 atom stereocenters. The molecule has 2 aromatic rings. The van der Waals surface area contributed by atoms with Crippen LogP contribution in [-0.4, -0.2) is 11.7 Å². The lowest BCUT2D eigenvalue weighted by Gasteiger charge is -2.07. The van der Waals surface area contributed by atoms with Gasteiger partial charge in [0.1, 0.15) is 0 Å². The van der Waals surface area contributed by atoms with Gasteiger partial charge in [0, 0.05) is 11.1 Å². The fourth-order valence-corrected chi connectivity index (χ4v) is 2.38. The maximum atomic E-state index is 12.5. The van der Waals surface area contributed by atoms with Crippen molar-refractivity contribution in [2.75, 3.05) is 5.32 Å². The van der Waals surface area contributed by atoms with Crippen molar-refractivity contribution in [2.24, 2.45) is 0 Å². The number of anilines is 1. The van der Waals surface area contributed by atoms with Gasteiger partial charge in [0.25, 0.3) is 0 Å². The number of amides is 1. The van der Waals surface area contributed by atoms with Gasteiger partial charge in [-0.15, -0.1) is 0 Å². The predicted octanol–water partition coefficient (Wildman–Crippen LogP) is 2.97. The normalized spacial score (nSPS) is 16.9. The molecule has 0 radical (unpaired) electrons. The fourth-order valence-electron chi connectivity index (χ4n) is 2.38. The second-order valence-electron chi connectivity index (χ2n) is 4.68. The number of benzene rings is 2. The highest BCUT2D eigenvalue weighted by Crippen LogP contribution is 2.35. The summed E-state index contributed by atoms with van der Waals surface area (Å²) in [7, 11) is 0. The van der Waals surface area contributed by atoms with Crippen LogP contribution in [0.15, 0.2) is 48.5 Å². The van der Waals surface area contributed by atoms with Crippen LogP contribution < -0.4 is 5.32 Å². The smallest absolute Gasteiger partial charge is 0.231 e. The number of hydrogen-bond acceptors (Lipinski definition) is 2. The Hall–Kier alpha value is -2.42. The molecule has 0 spiro atoms. The zero-order valence-corrected chi connectivity index (χ0v) is 10.5. The Morgan fingerprint density at radius 1 is 1.05 bits per heavy atom. The molecule has 0 fully saturated rings. The molecule has 0 bridgehead atoms. The van der Waals surface area contributed by atoms with Gasteiger partial charge in [-0.1, -0.05) is 42.5 Å². The number of ketones is 1. The Morgan fingerprint density at radius 2 is 1.79 bits per heavy atom. The highest BCUT2D eigenvalue weighted by molar-refractivity contribution is 6.16. The van der Waals surface area contributed by atoms with Gasteiger partial charge in [-0.3, -0.25) is 9.59 Å². The molecule has 1 heterocycles. The standard InChI is InChI=1S/C16H13NO2/c1-10-12-8-5-9-13(14(12)17-16(10)19)15(18)11-6-3-2-4-7-11/h2-10H,1H3,(H,17,19)/t10-/m1/s1. The summed E-state index contributed by atoms with van der Waals surface area (Å²) >= 11 is 0. The molecule has 0 aliphatic carbocycles. The number of fused-ring (bicyclic) bond motifs is 1. The third-order valence-corrected chi connectivity index (χ3v) is 3.49. The van der Waals surface area contributed by atoms with Gasteiger partial charge >= 0.3 is 0 Å². The van der Waals surface area contributed by atoms with Crippen LogP contribution in [0.3, 0.4) is 0 Å². The molecule has 0 aromatic heterocycles. The third kappa shape index (κ3) is 1.83. The first kappa shape index (κ1) is 11.7. The van der Waals surface area contributed by atoms with Crippen molar-refractivity contribution in [1.29, 1.82) is 0 Å².